The van der Waals surface area contributed by atoms with Crippen molar-refractivity contribution in [2.75, 3.05) is 21.3 Å². The number of nitrogens with one attached hydrogen (secondary N) is 1. The minimum Gasteiger partial charge on any atom is -0.496 e. The molecule has 14 heavy (non-hydrogen) atoms. The minimum atomic E-state index is 0.800. The maximum atomic E-state index is 5.35. The van der Waals surface area contributed by atoms with Crippen LogP contribution in [0.25, 0.3) is 0 Å². The van der Waals surface area contributed by atoms with E-state index in [1.807, 2.05) is 26.1 Å². The summed E-state index contributed by atoms with van der Waals surface area (Å²) >= 11 is 0. The molecule has 0 aliphatic carbocycles. The highest BCUT2D eigenvalue weighted by molar-refractivity contribution is 5.49. The fourth-order valence-electron chi connectivity index (χ4n) is 1.56. The fraction of sp³-hybridized carbons (Fsp3) is 0.455. The smallest absolute Gasteiger partial charge is 0.129 e. The van der Waals surface area contributed by atoms with E-state index < -0.39 is 0 Å². The van der Waals surface area contributed by atoms with E-state index in [1.54, 1.807) is 14.2 Å². The lowest BCUT2D eigenvalue weighted by Gasteiger charge is -2.13. The van der Waals surface area contributed by atoms with E-state index in [1.165, 1.54) is 0 Å². The fourth-order valence-corrected chi connectivity index (χ4v) is 1.56. The Bertz CT molecular complexity index is 310. The van der Waals surface area contributed by atoms with E-state index in [9.17, 15) is 0 Å². The molecule has 3 heteroatoms. The third-order valence-corrected chi connectivity index (χ3v) is 2.23. The Balaban J connectivity index is 3.14. The van der Waals surface area contributed by atoms with Gasteiger partial charge >= 0.3 is 0 Å². The lowest BCUT2D eigenvalue weighted by atomic mass is 10.1. The highest BCUT2D eigenvalue weighted by Crippen LogP contribution is 2.30. The first-order valence-corrected chi connectivity index (χ1v) is 4.59. The van der Waals surface area contributed by atoms with Crippen LogP contribution < -0.4 is 14.8 Å². The Hall–Kier alpha value is -1.22. The van der Waals surface area contributed by atoms with Crippen molar-refractivity contribution < 1.29 is 9.47 Å². The summed E-state index contributed by atoms with van der Waals surface area (Å²) in [6.45, 7) is 2.80. The van der Waals surface area contributed by atoms with Crippen molar-refractivity contribution in [3.05, 3.63) is 23.3 Å². The maximum Gasteiger partial charge on any atom is 0.129 e. The molecule has 3 nitrogen and oxygen atoms in total. The van der Waals surface area contributed by atoms with Gasteiger partial charge in [0.2, 0.25) is 0 Å². The van der Waals surface area contributed by atoms with Crippen LogP contribution in [0, 0.1) is 6.92 Å². The summed E-state index contributed by atoms with van der Waals surface area (Å²) in [7, 11) is 5.26. The molecule has 0 atom stereocenters. The van der Waals surface area contributed by atoms with Gasteiger partial charge in [0.05, 0.1) is 14.2 Å². The van der Waals surface area contributed by atoms with Gasteiger partial charge in [0.25, 0.3) is 0 Å². The molecule has 0 saturated carbocycles. The molecule has 0 aliphatic rings. The average molecular weight is 195 g/mol. The molecule has 1 aromatic carbocycles. The average Bonchev–Trinajstić information content (AvgIpc) is 2.19. The maximum absolute atomic E-state index is 5.35. The lowest BCUT2D eigenvalue weighted by Crippen LogP contribution is -2.07. The predicted molar refractivity (Wildman–Crippen MR) is 57.0 cm³/mol. The Kier molecular flexibility index (Phi) is 3.77. The summed E-state index contributed by atoms with van der Waals surface area (Å²) in [4.78, 5) is 0. The molecular weight excluding hydrogens is 178 g/mol. The number of benzene rings is 1. The summed E-state index contributed by atoms with van der Waals surface area (Å²) in [6.07, 6.45) is 0. The van der Waals surface area contributed by atoms with E-state index in [-0.39, 0.29) is 0 Å². The number of hydrogen-bond donors (Lipinski definition) is 1. The van der Waals surface area contributed by atoms with E-state index in [0.717, 1.165) is 29.2 Å². The number of ether oxygens (including phenoxy) is 2. The standard InChI is InChI=1S/C11H17NO2/c1-8-10(13-3)6-5-9(7-12-2)11(8)14-4/h5-6,12H,7H2,1-4H3. The zero-order valence-electron chi connectivity index (χ0n) is 9.18. The third-order valence-electron chi connectivity index (χ3n) is 2.23. The van der Waals surface area contributed by atoms with Crippen LogP contribution in [0.2, 0.25) is 0 Å². The summed E-state index contributed by atoms with van der Waals surface area (Å²) in [6, 6.07) is 3.98. The monoisotopic (exact) mass is 195 g/mol. The molecule has 0 aromatic heterocycles. The Labute approximate surface area is 85.0 Å². The molecule has 0 fully saturated rings. The van der Waals surface area contributed by atoms with Crippen LogP contribution in [0.5, 0.6) is 11.5 Å². The number of methoxy groups -OCH3 is 2. The molecule has 1 rings (SSSR count). The number of hydrogen-bond acceptors (Lipinski definition) is 3. The van der Waals surface area contributed by atoms with E-state index in [2.05, 4.69) is 5.32 Å². The van der Waals surface area contributed by atoms with Crippen molar-refractivity contribution in [3.8, 4) is 11.5 Å². The van der Waals surface area contributed by atoms with Gasteiger partial charge in [-0.25, -0.2) is 0 Å². The van der Waals surface area contributed by atoms with Crippen LogP contribution in [-0.4, -0.2) is 21.3 Å². The van der Waals surface area contributed by atoms with Crippen molar-refractivity contribution in [1.29, 1.82) is 0 Å². The molecular formula is C11H17NO2. The molecule has 0 saturated heterocycles. The summed E-state index contributed by atoms with van der Waals surface area (Å²) < 4.78 is 10.6. The normalized spacial score (nSPS) is 10.0. The third kappa shape index (κ3) is 1.99. The van der Waals surface area contributed by atoms with Crippen molar-refractivity contribution in [2.45, 2.75) is 13.5 Å². The van der Waals surface area contributed by atoms with Crippen LogP contribution in [0.3, 0.4) is 0 Å². The summed E-state index contributed by atoms with van der Waals surface area (Å²) in [5.41, 5.74) is 2.19. The van der Waals surface area contributed by atoms with Gasteiger partial charge in [-0.2, -0.15) is 0 Å². The molecule has 1 aromatic rings. The zero-order chi connectivity index (χ0) is 10.6. The topological polar surface area (TPSA) is 30.5 Å². The molecule has 1 N–H and O–H groups in total. The molecule has 0 radical (unpaired) electrons. The van der Waals surface area contributed by atoms with Gasteiger partial charge in [-0.15, -0.1) is 0 Å². The first-order chi connectivity index (χ1) is 6.74. The quantitative estimate of drug-likeness (QED) is 0.793. The second-order valence-electron chi connectivity index (χ2n) is 3.12. The highest BCUT2D eigenvalue weighted by Gasteiger charge is 2.09. The van der Waals surface area contributed by atoms with E-state index >= 15 is 0 Å². The van der Waals surface area contributed by atoms with E-state index in [4.69, 9.17) is 9.47 Å². The van der Waals surface area contributed by atoms with Crippen LogP contribution in [0.1, 0.15) is 11.1 Å². The van der Waals surface area contributed by atoms with Crippen molar-refractivity contribution in [2.24, 2.45) is 0 Å². The lowest BCUT2D eigenvalue weighted by molar-refractivity contribution is 0.385. The minimum absolute atomic E-state index is 0.800. The predicted octanol–water partition coefficient (Wildman–Crippen LogP) is 1.73. The first-order valence-electron chi connectivity index (χ1n) is 4.59. The van der Waals surface area contributed by atoms with Crippen molar-refractivity contribution in [3.63, 3.8) is 0 Å². The van der Waals surface area contributed by atoms with Gasteiger partial charge in [-0.3, -0.25) is 0 Å². The van der Waals surface area contributed by atoms with Crippen LogP contribution in [0.4, 0.5) is 0 Å². The Morgan fingerprint density at radius 3 is 2.43 bits per heavy atom. The zero-order valence-corrected chi connectivity index (χ0v) is 9.18. The van der Waals surface area contributed by atoms with Gasteiger partial charge < -0.3 is 14.8 Å². The molecule has 0 bridgehead atoms. The van der Waals surface area contributed by atoms with E-state index in [0.29, 0.717) is 0 Å². The molecule has 0 unspecified atom stereocenters. The SMILES string of the molecule is CNCc1ccc(OC)c(C)c1OC. The van der Waals surface area contributed by atoms with Crippen LogP contribution in [0.15, 0.2) is 12.1 Å². The van der Waals surface area contributed by atoms with Gasteiger partial charge in [-0.05, 0) is 20.0 Å². The molecule has 0 aliphatic heterocycles. The second-order valence-corrected chi connectivity index (χ2v) is 3.12. The molecule has 0 heterocycles. The van der Waals surface area contributed by atoms with Crippen LogP contribution >= 0.6 is 0 Å². The highest BCUT2D eigenvalue weighted by atomic mass is 16.5. The van der Waals surface area contributed by atoms with Gasteiger partial charge in [-0.1, -0.05) is 6.07 Å². The molecule has 0 amide bonds. The van der Waals surface area contributed by atoms with Gasteiger partial charge in [0.1, 0.15) is 11.5 Å². The number of rotatable bonds is 4. The summed E-state index contributed by atoms with van der Waals surface area (Å²) in [5.74, 6) is 1.76. The second kappa shape index (κ2) is 4.86. The van der Waals surface area contributed by atoms with Gasteiger partial charge in [0, 0.05) is 17.7 Å². The molecule has 78 valence electrons. The first kappa shape index (κ1) is 10.9. The Morgan fingerprint density at radius 1 is 1.21 bits per heavy atom. The van der Waals surface area contributed by atoms with Gasteiger partial charge in [0.15, 0.2) is 0 Å². The Morgan fingerprint density at radius 2 is 1.93 bits per heavy atom. The summed E-state index contributed by atoms with van der Waals surface area (Å²) in [5, 5.41) is 3.10. The van der Waals surface area contributed by atoms with Crippen molar-refractivity contribution >= 4 is 0 Å². The van der Waals surface area contributed by atoms with Crippen LogP contribution in [-0.2, 0) is 6.54 Å². The molecule has 0 spiro atoms. The largest absolute Gasteiger partial charge is 0.496 e. The van der Waals surface area contributed by atoms with Crippen molar-refractivity contribution in [1.82, 2.24) is 5.32 Å².